The number of benzene rings is 1. The van der Waals surface area contributed by atoms with Crippen molar-refractivity contribution in [3.8, 4) is 0 Å². The van der Waals surface area contributed by atoms with Gasteiger partial charge in [0.05, 0.1) is 12.3 Å². The molecule has 0 aliphatic rings. The van der Waals surface area contributed by atoms with Gasteiger partial charge in [-0.1, -0.05) is 39.0 Å². The van der Waals surface area contributed by atoms with Crippen LogP contribution in [0, 0.1) is 5.41 Å². The number of rotatable bonds is 5. The Morgan fingerprint density at radius 1 is 1.09 bits per heavy atom. The third kappa shape index (κ3) is 3.49. The zero-order valence-electron chi connectivity index (χ0n) is 13.7. The van der Waals surface area contributed by atoms with Gasteiger partial charge in [-0.2, -0.15) is 0 Å². The van der Waals surface area contributed by atoms with E-state index in [1.54, 1.807) is 18.4 Å². The van der Waals surface area contributed by atoms with Crippen LogP contribution in [0.2, 0.25) is 0 Å². The molecule has 2 heterocycles. The fourth-order valence-electron chi connectivity index (χ4n) is 2.79. The van der Waals surface area contributed by atoms with Crippen LogP contribution in [0.4, 0.5) is 0 Å². The Hall–Kier alpha value is -2.04. The van der Waals surface area contributed by atoms with Gasteiger partial charge in [0.15, 0.2) is 0 Å². The summed E-state index contributed by atoms with van der Waals surface area (Å²) in [6.07, 6.45) is 0.887. The number of hydrogen-bond acceptors (Lipinski definition) is 4. The van der Waals surface area contributed by atoms with Crippen LogP contribution in [-0.4, -0.2) is 11.7 Å². The maximum absolute atomic E-state index is 10.2. The van der Waals surface area contributed by atoms with Crippen molar-refractivity contribution in [2.45, 2.75) is 32.9 Å². The highest BCUT2D eigenvalue weighted by Crippen LogP contribution is 2.36. The number of fused-ring (bicyclic) bond motifs is 1. The lowest BCUT2D eigenvalue weighted by Gasteiger charge is -2.30. The third-order valence-electron chi connectivity index (χ3n) is 3.98. The van der Waals surface area contributed by atoms with Crippen LogP contribution in [0.3, 0.4) is 0 Å². The number of para-hydroxylation sites is 1. The quantitative estimate of drug-likeness (QED) is 0.731. The van der Waals surface area contributed by atoms with E-state index in [0.29, 0.717) is 12.3 Å². The van der Waals surface area contributed by atoms with Gasteiger partial charge in [0.25, 0.3) is 0 Å². The molecule has 0 aliphatic carbocycles. The average Bonchev–Trinajstić information content (AvgIpc) is 3.15. The zero-order chi connectivity index (χ0) is 16.4. The molecule has 1 aromatic carbocycles. The topological polar surface area (TPSA) is 58.5 Å². The van der Waals surface area contributed by atoms with Gasteiger partial charge in [-0.05, 0) is 29.7 Å². The van der Waals surface area contributed by atoms with Crippen molar-refractivity contribution >= 4 is 11.0 Å². The number of aliphatic hydroxyl groups is 1. The first-order valence-corrected chi connectivity index (χ1v) is 7.88. The predicted molar refractivity (Wildman–Crippen MR) is 90.1 cm³/mol. The fourth-order valence-corrected chi connectivity index (χ4v) is 2.79. The lowest BCUT2D eigenvalue weighted by atomic mass is 9.85. The van der Waals surface area contributed by atoms with Crippen molar-refractivity contribution in [3.63, 3.8) is 0 Å². The molecule has 4 nitrogen and oxygen atoms in total. The SMILES string of the molecule is CC(C)(C)C(NCC(O)c1ccco1)c1cc2ccccc2o1. The van der Waals surface area contributed by atoms with E-state index in [-0.39, 0.29) is 11.5 Å². The molecule has 0 saturated carbocycles. The van der Waals surface area contributed by atoms with Crippen LogP contribution in [0.5, 0.6) is 0 Å². The van der Waals surface area contributed by atoms with Crippen molar-refractivity contribution in [1.82, 2.24) is 5.32 Å². The van der Waals surface area contributed by atoms with E-state index >= 15 is 0 Å². The van der Waals surface area contributed by atoms with Crippen molar-refractivity contribution < 1.29 is 13.9 Å². The summed E-state index contributed by atoms with van der Waals surface area (Å²) in [5, 5.41) is 14.7. The molecule has 0 saturated heterocycles. The summed E-state index contributed by atoms with van der Waals surface area (Å²) in [7, 11) is 0. The Morgan fingerprint density at radius 3 is 2.52 bits per heavy atom. The van der Waals surface area contributed by atoms with Gasteiger partial charge in [0.1, 0.15) is 23.2 Å². The number of aliphatic hydroxyl groups excluding tert-OH is 1. The highest BCUT2D eigenvalue weighted by atomic mass is 16.4. The molecule has 3 aromatic rings. The minimum Gasteiger partial charge on any atom is -0.467 e. The Morgan fingerprint density at radius 2 is 1.87 bits per heavy atom. The Balaban J connectivity index is 1.80. The number of hydrogen-bond donors (Lipinski definition) is 2. The smallest absolute Gasteiger partial charge is 0.134 e. The average molecular weight is 313 g/mol. The summed E-state index contributed by atoms with van der Waals surface area (Å²) >= 11 is 0. The summed E-state index contributed by atoms with van der Waals surface area (Å²) in [6, 6.07) is 13.6. The first-order chi connectivity index (χ1) is 10.9. The van der Waals surface area contributed by atoms with Crippen LogP contribution in [0.1, 0.15) is 44.4 Å². The van der Waals surface area contributed by atoms with Crippen molar-refractivity contribution in [1.29, 1.82) is 0 Å². The molecule has 0 amide bonds. The van der Waals surface area contributed by atoms with E-state index in [4.69, 9.17) is 8.83 Å². The standard InChI is InChI=1S/C19H23NO3/c1-19(2,3)18(20-12-14(21)16-9-6-10-22-16)17-11-13-7-4-5-8-15(13)23-17/h4-11,14,18,20-21H,12H2,1-3H3. The van der Waals surface area contributed by atoms with E-state index in [9.17, 15) is 5.11 Å². The molecule has 0 bridgehead atoms. The summed E-state index contributed by atoms with van der Waals surface area (Å²) in [4.78, 5) is 0. The highest BCUT2D eigenvalue weighted by molar-refractivity contribution is 5.77. The molecule has 0 fully saturated rings. The second-order valence-electron chi connectivity index (χ2n) is 6.93. The van der Waals surface area contributed by atoms with Gasteiger partial charge >= 0.3 is 0 Å². The first-order valence-electron chi connectivity index (χ1n) is 7.88. The molecule has 2 aromatic heterocycles. The lowest BCUT2D eigenvalue weighted by molar-refractivity contribution is 0.128. The summed E-state index contributed by atoms with van der Waals surface area (Å²) < 4.78 is 11.3. The molecule has 2 atom stereocenters. The maximum atomic E-state index is 10.2. The van der Waals surface area contributed by atoms with E-state index < -0.39 is 6.10 Å². The predicted octanol–water partition coefficient (Wildman–Crippen LogP) is 4.44. The highest BCUT2D eigenvalue weighted by Gasteiger charge is 2.29. The summed E-state index contributed by atoms with van der Waals surface area (Å²) in [5.41, 5.74) is 0.821. The lowest BCUT2D eigenvalue weighted by Crippen LogP contribution is -2.34. The molecule has 4 heteroatoms. The molecule has 0 spiro atoms. The molecule has 2 unspecified atom stereocenters. The van der Waals surface area contributed by atoms with Crippen LogP contribution in [0.15, 0.2) is 57.6 Å². The fraction of sp³-hybridized carbons (Fsp3) is 0.368. The molecule has 2 N–H and O–H groups in total. The van der Waals surface area contributed by atoms with Gasteiger partial charge in [-0.25, -0.2) is 0 Å². The number of nitrogens with one attached hydrogen (secondary N) is 1. The van der Waals surface area contributed by atoms with Crippen molar-refractivity contribution in [2.75, 3.05) is 6.54 Å². The van der Waals surface area contributed by atoms with E-state index in [1.807, 2.05) is 24.3 Å². The Kier molecular flexibility index (Phi) is 4.28. The van der Waals surface area contributed by atoms with E-state index in [2.05, 4.69) is 32.2 Å². The van der Waals surface area contributed by atoms with E-state index in [0.717, 1.165) is 16.7 Å². The van der Waals surface area contributed by atoms with Crippen LogP contribution < -0.4 is 5.32 Å². The second kappa shape index (κ2) is 6.22. The molecule has 23 heavy (non-hydrogen) atoms. The minimum absolute atomic E-state index is 0.0143. The summed E-state index contributed by atoms with van der Waals surface area (Å²) in [5.74, 6) is 1.44. The molecule has 0 aliphatic heterocycles. The van der Waals surface area contributed by atoms with Crippen LogP contribution in [0.25, 0.3) is 11.0 Å². The molecular formula is C19H23NO3. The largest absolute Gasteiger partial charge is 0.467 e. The van der Waals surface area contributed by atoms with Crippen molar-refractivity contribution in [3.05, 3.63) is 60.2 Å². The molecule has 3 rings (SSSR count). The van der Waals surface area contributed by atoms with Crippen LogP contribution in [-0.2, 0) is 0 Å². The molecule has 122 valence electrons. The first kappa shape index (κ1) is 15.8. The van der Waals surface area contributed by atoms with Gasteiger partial charge in [-0.15, -0.1) is 0 Å². The van der Waals surface area contributed by atoms with Crippen molar-refractivity contribution in [2.24, 2.45) is 5.41 Å². The van der Waals surface area contributed by atoms with Crippen LogP contribution >= 0.6 is 0 Å². The molecular weight excluding hydrogens is 290 g/mol. The second-order valence-corrected chi connectivity index (χ2v) is 6.93. The Labute approximate surface area is 136 Å². The van der Waals surface area contributed by atoms with Gasteiger partial charge in [0.2, 0.25) is 0 Å². The summed E-state index contributed by atoms with van der Waals surface area (Å²) in [6.45, 7) is 6.85. The monoisotopic (exact) mass is 313 g/mol. The normalized spacial score (nSPS) is 15.0. The number of furan rings is 2. The van der Waals surface area contributed by atoms with Gasteiger partial charge < -0.3 is 19.3 Å². The third-order valence-corrected chi connectivity index (χ3v) is 3.98. The van der Waals surface area contributed by atoms with E-state index in [1.165, 1.54) is 0 Å². The zero-order valence-corrected chi connectivity index (χ0v) is 13.7. The van der Waals surface area contributed by atoms with Gasteiger partial charge in [-0.3, -0.25) is 0 Å². The Bertz CT molecular complexity index is 719. The van der Waals surface area contributed by atoms with Gasteiger partial charge in [0, 0.05) is 11.9 Å². The maximum Gasteiger partial charge on any atom is 0.134 e. The molecule has 0 radical (unpaired) electrons. The minimum atomic E-state index is -0.681.